The number of rotatable bonds is 5. The van der Waals surface area contributed by atoms with E-state index in [1.54, 1.807) is 13.8 Å². The fourth-order valence-electron chi connectivity index (χ4n) is 1.40. The summed E-state index contributed by atoms with van der Waals surface area (Å²) in [6.07, 6.45) is -0.271. The van der Waals surface area contributed by atoms with Crippen LogP contribution in [-0.2, 0) is 9.53 Å². The molecular weight excluding hydrogens is 231 g/mol. The molecule has 0 saturated carbocycles. The van der Waals surface area contributed by atoms with Gasteiger partial charge in [-0.2, -0.15) is 0 Å². The summed E-state index contributed by atoms with van der Waals surface area (Å²) in [4.78, 5) is 11.6. The number of Topliss-reactive ketones (excluding diaryl/α,β-unsaturated/α-hetero) is 1. The molecule has 1 aromatic rings. The van der Waals surface area contributed by atoms with Gasteiger partial charge in [-0.15, -0.1) is 0 Å². The molecule has 0 aromatic heterocycles. The van der Waals surface area contributed by atoms with Gasteiger partial charge >= 0.3 is 0 Å². The van der Waals surface area contributed by atoms with Crippen LogP contribution in [0.15, 0.2) is 18.2 Å². The van der Waals surface area contributed by atoms with Gasteiger partial charge in [0.05, 0.1) is 5.02 Å². The first-order valence-electron chi connectivity index (χ1n) is 5.19. The van der Waals surface area contributed by atoms with Crippen molar-refractivity contribution in [2.75, 3.05) is 6.61 Å². The van der Waals surface area contributed by atoms with E-state index < -0.39 is 11.9 Å². The summed E-state index contributed by atoms with van der Waals surface area (Å²) in [6, 6.07) is 4.20. The average Bonchev–Trinajstić information content (AvgIpc) is 2.29. The molecule has 0 spiro atoms. The van der Waals surface area contributed by atoms with Crippen LogP contribution in [0.5, 0.6) is 0 Å². The minimum Gasteiger partial charge on any atom is -0.366 e. The Hall–Kier alpha value is -0.930. The van der Waals surface area contributed by atoms with E-state index in [1.165, 1.54) is 18.2 Å². The van der Waals surface area contributed by atoms with Crippen LogP contribution in [0.1, 0.15) is 31.9 Å². The van der Waals surface area contributed by atoms with Gasteiger partial charge in [0.1, 0.15) is 11.9 Å². The maximum atomic E-state index is 13.0. The molecule has 0 radical (unpaired) electrons. The van der Waals surface area contributed by atoms with E-state index >= 15 is 0 Å². The van der Waals surface area contributed by atoms with Crippen molar-refractivity contribution >= 4 is 17.4 Å². The Morgan fingerprint density at radius 2 is 2.19 bits per heavy atom. The van der Waals surface area contributed by atoms with Crippen molar-refractivity contribution in [3.63, 3.8) is 0 Å². The van der Waals surface area contributed by atoms with Crippen molar-refractivity contribution in [1.82, 2.24) is 0 Å². The molecule has 0 bridgehead atoms. The third kappa shape index (κ3) is 3.03. The van der Waals surface area contributed by atoms with Crippen LogP contribution in [0.3, 0.4) is 0 Å². The number of ketones is 1. The first-order chi connectivity index (χ1) is 7.60. The van der Waals surface area contributed by atoms with E-state index in [9.17, 15) is 9.18 Å². The highest BCUT2D eigenvalue weighted by Gasteiger charge is 2.19. The number of carbonyl (C=O) groups is 1. The highest BCUT2D eigenvalue weighted by atomic mass is 35.5. The molecule has 0 saturated heterocycles. The Morgan fingerprint density at radius 1 is 1.50 bits per heavy atom. The van der Waals surface area contributed by atoms with Crippen LogP contribution in [0, 0.1) is 5.82 Å². The maximum Gasteiger partial charge on any atom is 0.165 e. The second-order valence-corrected chi connectivity index (χ2v) is 3.74. The van der Waals surface area contributed by atoms with Crippen LogP contribution in [0.2, 0.25) is 5.02 Å². The molecule has 0 aliphatic rings. The molecule has 0 fully saturated rings. The van der Waals surface area contributed by atoms with E-state index in [0.29, 0.717) is 18.6 Å². The first-order valence-corrected chi connectivity index (χ1v) is 5.57. The zero-order valence-corrected chi connectivity index (χ0v) is 10.1. The molecule has 1 rings (SSSR count). The van der Waals surface area contributed by atoms with E-state index in [2.05, 4.69) is 0 Å². The van der Waals surface area contributed by atoms with Crippen LogP contribution in [0.25, 0.3) is 0 Å². The number of hydrogen-bond donors (Lipinski definition) is 0. The fourth-order valence-corrected chi connectivity index (χ4v) is 1.59. The second-order valence-electron chi connectivity index (χ2n) is 3.33. The molecule has 0 aliphatic heterocycles. The summed E-state index contributed by atoms with van der Waals surface area (Å²) in [6.45, 7) is 3.99. The molecule has 0 heterocycles. The van der Waals surface area contributed by atoms with Crippen molar-refractivity contribution in [2.45, 2.75) is 26.4 Å². The van der Waals surface area contributed by atoms with Crippen LogP contribution in [0.4, 0.5) is 4.39 Å². The van der Waals surface area contributed by atoms with E-state index in [1.807, 2.05) is 0 Å². The Balaban J connectivity index is 3.01. The smallest absolute Gasteiger partial charge is 0.165 e. The molecule has 4 heteroatoms. The number of benzene rings is 1. The lowest BCUT2D eigenvalue weighted by molar-refractivity contribution is -0.130. The van der Waals surface area contributed by atoms with Gasteiger partial charge in [0, 0.05) is 13.0 Å². The number of ether oxygens (including phenoxy) is 1. The Morgan fingerprint density at radius 3 is 2.69 bits per heavy atom. The summed E-state index contributed by atoms with van der Waals surface area (Å²) >= 11 is 5.66. The summed E-state index contributed by atoms with van der Waals surface area (Å²) in [5, 5.41) is 0.00565. The highest BCUT2D eigenvalue weighted by molar-refractivity contribution is 6.30. The standard InChI is InChI=1S/C12H14ClFO2/c1-3-11(15)12(16-4-2)8-5-6-10(14)9(13)7-8/h5-7,12H,3-4H2,1-2H3. The molecule has 1 atom stereocenters. The molecule has 16 heavy (non-hydrogen) atoms. The van der Waals surface area contributed by atoms with Gasteiger partial charge in [0.25, 0.3) is 0 Å². The summed E-state index contributed by atoms with van der Waals surface area (Å²) in [5.74, 6) is -0.533. The van der Waals surface area contributed by atoms with Crippen molar-refractivity contribution in [3.05, 3.63) is 34.6 Å². The topological polar surface area (TPSA) is 26.3 Å². The van der Waals surface area contributed by atoms with E-state index in [4.69, 9.17) is 16.3 Å². The Kier molecular flexibility index (Phi) is 4.90. The lowest BCUT2D eigenvalue weighted by Crippen LogP contribution is -2.15. The molecule has 2 nitrogen and oxygen atoms in total. The summed E-state index contributed by atoms with van der Waals surface area (Å²) in [5.41, 5.74) is 0.597. The van der Waals surface area contributed by atoms with Crippen molar-refractivity contribution in [3.8, 4) is 0 Å². The second kappa shape index (κ2) is 5.97. The molecule has 0 N–H and O–H groups in total. The van der Waals surface area contributed by atoms with Crippen LogP contribution < -0.4 is 0 Å². The van der Waals surface area contributed by atoms with Gasteiger partial charge in [0.2, 0.25) is 0 Å². The van der Waals surface area contributed by atoms with Gasteiger partial charge in [-0.3, -0.25) is 4.79 Å². The third-order valence-corrected chi connectivity index (χ3v) is 2.51. The molecule has 0 amide bonds. The SMILES string of the molecule is CCOC(C(=O)CC)c1ccc(F)c(Cl)c1. The predicted molar refractivity (Wildman–Crippen MR) is 61.1 cm³/mol. The lowest BCUT2D eigenvalue weighted by atomic mass is 10.0. The van der Waals surface area contributed by atoms with Gasteiger partial charge in [-0.05, 0) is 24.6 Å². The van der Waals surface area contributed by atoms with Crippen molar-refractivity contribution < 1.29 is 13.9 Å². The van der Waals surface area contributed by atoms with Crippen LogP contribution in [-0.4, -0.2) is 12.4 Å². The minimum atomic E-state index is -0.645. The highest BCUT2D eigenvalue weighted by Crippen LogP contribution is 2.24. The third-order valence-electron chi connectivity index (χ3n) is 2.22. The van der Waals surface area contributed by atoms with Crippen LogP contribution >= 0.6 is 11.6 Å². The maximum absolute atomic E-state index is 13.0. The molecule has 1 aromatic carbocycles. The summed E-state index contributed by atoms with van der Waals surface area (Å²) < 4.78 is 18.3. The van der Waals surface area contributed by atoms with Crippen molar-refractivity contribution in [1.29, 1.82) is 0 Å². The van der Waals surface area contributed by atoms with Gasteiger partial charge in [-0.1, -0.05) is 24.6 Å². The quantitative estimate of drug-likeness (QED) is 0.792. The zero-order valence-electron chi connectivity index (χ0n) is 9.30. The largest absolute Gasteiger partial charge is 0.366 e. The molecule has 88 valence electrons. The van der Waals surface area contributed by atoms with Gasteiger partial charge in [0.15, 0.2) is 5.78 Å². The Bertz CT molecular complexity index is 379. The molecular formula is C12H14ClFO2. The van der Waals surface area contributed by atoms with Crippen molar-refractivity contribution in [2.24, 2.45) is 0 Å². The predicted octanol–water partition coefficient (Wildman–Crippen LogP) is 3.54. The lowest BCUT2D eigenvalue weighted by Gasteiger charge is -2.15. The normalized spacial score (nSPS) is 12.5. The average molecular weight is 245 g/mol. The summed E-state index contributed by atoms with van der Waals surface area (Å²) in [7, 11) is 0. The molecule has 0 aliphatic carbocycles. The number of halogens is 2. The first kappa shape index (κ1) is 13.1. The van der Waals surface area contributed by atoms with E-state index in [-0.39, 0.29) is 10.8 Å². The monoisotopic (exact) mass is 244 g/mol. The van der Waals surface area contributed by atoms with Gasteiger partial charge in [-0.25, -0.2) is 4.39 Å². The van der Waals surface area contributed by atoms with Gasteiger partial charge < -0.3 is 4.74 Å². The minimum absolute atomic E-state index is 0.00565. The number of hydrogen-bond acceptors (Lipinski definition) is 2. The zero-order chi connectivity index (χ0) is 12.1. The molecule has 1 unspecified atom stereocenters. The Labute approximate surface area is 99.4 Å². The van der Waals surface area contributed by atoms with E-state index in [0.717, 1.165) is 0 Å². The number of carbonyl (C=O) groups excluding carboxylic acids is 1. The fraction of sp³-hybridized carbons (Fsp3) is 0.417.